The molecule has 3 atom stereocenters. The van der Waals surface area contributed by atoms with Gasteiger partial charge in [0.25, 0.3) is 11.8 Å². The highest BCUT2D eigenvalue weighted by molar-refractivity contribution is 6.36. The average molecular weight is 569 g/mol. The molecule has 0 aromatic heterocycles. The number of likely N-dealkylation sites (tertiary alicyclic amines) is 1. The molecule has 10 heteroatoms. The van der Waals surface area contributed by atoms with Crippen molar-refractivity contribution in [3.63, 3.8) is 0 Å². The van der Waals surface area contributed by atoms with Crippen molar-refractivity contribution >= 4 is 58.4 Å². The average Bonchev–Trinajstić information content (AvgIpc) is 3.20. The Bertz CT molecular complexity index is 1440. The number of halogens is 3. The van der Waals surface area contributed by atoms with E-state index in [1.807, 2.05) is 48.5 Å². The van der Waals surface area contributed by atoms with E-state index in [1.54, 1.807) is 18.2 Å². The van der Waals surface area contributed by atoms with Crippen LogP contribution in [0, 0.1) is 11.8 Å². The van der Waals surface area contributed by atoms with Crippen LogP contribution in [0.1, 0.15) is 39.5 Å². The first kappa shape index (κ1) is 24.9. The van der Waals surface area contributed by atoms with E-state index in [4.69, 9.17) is 34.8 Å². The Morgan fingerprint density at radius 2 is 1.18 bits per heavy atom. The molecule has 1 heterocycles. The lowest BCUT2D eigenvalue weighted by atomic mass is 9.54. The van der Waals surface area contributed by atoms with Crippen molar-refractivity contribution < 1.29 is 19.2 Å². The predicted molar refractivity (Wildman–Crippen MR) is 142 cm³/mol. The predicted octanol–water partition coefficient (Wildman–Crippen LogP) is 4.08. The molecule has 3 aromatic rings. The van der Waals surface area contributed by atoms with Gasteiger partial charge in [0.15, 0.2) is 0 Å². The molecular weight excluding hydrogens is 549 g/mol. The van der Waals surface area contributed by atoms with Crippen molar-refractivity contribution in [2.45, 2.75) is 22.7 Å². The third kappa shape index (κ3) is 3.09. The van der Waals surface area contributed by atoms with Crippen LogP contribution in [-0.4, -0.2) is 34.6 Å². The van der Waals surface area contributed by atoms with Crippen molar-refractivity contribution in [2.24, 2.45) is 11.8 Å². The Morgan fingerprint density at radius 3 is 1.63 bits per heavy atom. The Morgan fingerprint density at radius 1 is 0.763 bits per heavy atom. The van der Waals surface area contributed by atoms with Gasteiger partial charge in [0, 0.05) is 0 Å². The van der Waals surface area contributed by atoms with E-state index >= 15 is 0 Å². The quantitative estimate of drug-likeness (QED) is 0.283. The number of nitrogens with one attached hydrogen (secondary N) is 2. The standard InChI is InChI=1S/C28H20Cl3N3O4/c1-14(23(35)32-33-24(36)15-8-2-7-13-20(15)29)34-25(37)21-22(26(34)38)28(31)17-10-4-3-9-16(17)27(21,30)18-11-5-6-12-19(18)28/h2-14,21-22H,1H3,(H,32,35)(H,33,36)/t14-,21-,22-,27?,28?/m1/s1. The zero-order valence-electron chi connectivity index (χ0n) is 19.9. The Hall–Kier alpha value is -3.39. The summed E-state index contributed by atoms with van der Waals surface area (Å²) in [6.45, 7) is 1.41. The molecule has 7 rings (SSSR count). The van der Waals surface area contributed by atoms with Crippen LogP contribution in [0.3, 0.4) is 0 Å². The molecule has 192 valence electrons. The van der Waals surface area contributed by atoms with Crippen molar-refractivity contribution in [3.8, 4) is 0 Å². The molecule has 1 aliphatic heterocycles. The lowest BCUT2D eigenvalue weighted by molar-refractivity contribution is -0.147. The van der Waals surface area contributed by atoms with Gasteiger partial charge in [0.2, 0.25) is 11.8 Å². The van der Waals surface area contributed by atoms with E-state index in [2.05, 4.69) is 10.9 Å². The molecule has 3 aliphatic carbocycles. The zero-order chi connectivity index (χ0) is 27.0. The summed E-state index contributed by atoms with van der Waals surface area (Å²) in [5.74, 6) is -4.64. The molecule has 7 nitrogen and oxygen atoms in total. The summed E-state index contributed by atoms with van der Waals surface area (Å²) in [7, 11) is 0. The molecule has 4 amide bonds. The van der Waals surface area contributed by atoms with E-state index in [9.17, 15) is 19.2 Å². The number of rotatable bonds is 3. The maximum atomic E-state index is 13.9. The first-order valence-corrected chi connectivity index (χ1v) is 13.1. The van der Waals surface area contributed by atoms with Gasteiger partial charge in [-0.1, -0.05) is 72.3 Å². The summed E-state index contributed by atoms with van der Waals surface area (Å²) in [6, 6.07) is 19.7. The highest BCUT2D eigenvalue weighted by atomic mass is 35.5. The maximum Gasteiger partial charge on any atom is 0.271 e. The number of hydrogen-bond acceptors (Lipinski definition) is 4. The molecular formula is C28H20Cl3N3O4. The Kier molecular flexibility index (Phi) is 5.61. The summed E-state index contributed by atoms with van der Waals surface area (Å²) in [5.41, 5.74) is 7.41. The third-order valence-corrected chi connectivity index (χ3v) is 9.42. The minimum Gasteiger partial charge on any atom is -0.274 e. The maximum absolute atomic E-state index is 13.9. The van der Waals surface area contributed by atoms with Crippen LogP contribution in [-0.2, 0) is 24.1 Å². The number of imide groups is 1. The Balaban J connectivity index is 1.34. The monoisotopic (exact) mass is 567 g/mol. The van der Waals surface area contributed by atoms with Gasteiger partial charge in [-0.2, -0.15) is 0 Å². The molecule has 1 fully saturated rings. The number of alkyl halides is 2. The number of nitrogens with zero attached hydrogens (tertiary/aromatic N) is 1. The van der Waals surface area contributed by atoms with Crippen LogP contribution in [0.2, 0.25) is 5.02 Å². The zero-order valence-corrected chi connectivity index (χ0v) is 22.1. The first-order chi connectivity index (χ1) is 18.1. The normalized spacial score (nSPS) is 27.3. The van der Waals surface area contributed by atoms with Crippen molar-refractivity contribution in [1.82, 2.24) is 15.8 Å². The van der Waals surface area contributed by atoms with E-state index < -0.39 is 51.3 Å². The largest absolute Gasteiger partial charge is 0.274 e. The smallest absolute Gasteiger partial charge is 0.271 e. The van der Waals surface area contributed by atoms with Gasteiger partial charge >= 0.3 is 0 Å². The molecule has 38 heavy (non-hydrogen) atoms. The van der Waals surface area contributed by atoms with Crippen molar-refractivity contribution in [2.75, 3.05) is 0 Å². The van der Waals surface area contributed by atoms with Gasteiger partial charge in [-0.05, 0) is 41.3 Å². The molecule has 2 N–H and O–H groups in total. The van der Waals surface area contributed by atoms with Gasteiger partial charge in [-0.3, -0.25) is 34.9 Å². The minimum atomic E-state index is -1.34. The molecule has 1 saturated heterocycles. The summed E-state index contributed by atoms with van der Waals surface area (Å²) in [5, 5.41) is 0.204. The van der Waals surface area contributed by atoms with Crippen LogP contribution in [0.15, 0.2) is 72.8 Å². The van der Waals surface area contributed by atoms with Gasteiger partial charge in [0.05, 0.1) is 22.4 Å². The molecule has 2 bridgehead atoms. The fourth-order valence-electron chi connectivity index (χ4n) is 6.12. The van der Waals surface area contributed by atoms with Gasteiger partial charge in [-0.15, -0.1) is 23.2 Å². The molecule has 4 aliphatic rings. The minimum absolute atomic E-state index is 0.154. The van der Waals surface area contributed by atoms with E-state index in [0.29, 0.717) is 22.3 Å². The molecule has 3 aromatic carbocycles. The van der Waals surface area contributed by atoms with Crippen molar-refractivity contribution in [3.05, 3.63) is 106 Å². The van der Waals surface area contributed by atoms with E-state index in [-0.39, 0.29) is 10.6 Å². The summed E-state index contributed by atoms with van der Waals surface area (Å²) < 4.78 is 0. The summed E-state index contributed by atoms with van der Waals surface area (Å²) in [6.07, 6.45) is 0. The van der Waals surface area contributed by atoms with Crippen LogP contribution in [0.25, 0.3) is 0 Å². The fourth-order valence-corrected chi connectivity index (χ4v) is 7.44. The number of carbonyl (C=O) groups excluding carboxylic acids is 4. The van der Waals surface area contributed by atoms with E-state index in [1.165, 1.54) is 13.0 Å². The third-order valence-electron chi connectivity index (χ3n) is 7.80. The molecule has 0 saturated carbocycles. The number of carbonyl (C=O) groups is 4. The topological polar surface area (TPSA) is 95.6 Å². The highest BCUT2D eigenvalue weighted by Crippen LogP contribution is 2.69. The molecule has 0 radical (unpaired) electrons. The Labute approximate surface area is 233 Å². The fraction of sp³-hybridized carbons (Fsp3) is 0.214. The van der Waals surface area contributed by atoms with Crippen LogP contribution in [0.4, 0.5) is 0 Å². The van der Waals surface area contributed by atoms with Crippen LogP contribution in [0.5, 0.6) is 0 Å². The number of hydrazine groups is 1. The number of hydrogen-bond donors (Lipinski definition) is 2. The molecule has 0 unspecified atom stereocenters. The SMILES string of the molecule is C[C@H](C(=O)NNC(=O)c1ccccc1Cl)N1C(=O)[C@H]2[C@H](C1=O)C1(Cl)c3ccccc3C2(Cl)c2ccccc21. The van der Waals surface area contributed by atoms with Crippen molar-refractivity contribution in [1.29, 1.82) is 0 Å². The number of benzene rings is 3. The van der Waals surface area contributed by atoms with Gasteiger partial charge in [-0.25, -0.2) is 0 Å². The first-order valence-electron chi connectivity index (χ1n) is 11.9. The lowest BCUT2D eigenvalue weighted by Gasteiger charge is -2.54. The lowest BCUT2D eigenvalue weighted by Crippen LogP contribution is -2.57. The summed E-state index contributed by atoms with van der Waals surface area (Å²) in [4.78, 5) is 51.6. The summed E-state index contributed by atoms with van der Waals surface area (Å²) >= 11 is 20.8. The number of amides is 4. The second kappa shape index (κ2) is 8.56. The molecule has 0 spiro atoms. The van der Waals surface area contributed by atoms with Gasteiger partial charge < -0.3 is 0 Å². The second-order valence-electron chi connectivity index (χ2n) is 9.62. The van der Waals surface area contributed by atoms with E-state index in [0.717, 1.165) is 4.90 Å². The highest BCUT2D eigenvalue weighted by Gasteiger charge is 2.73. The van der Waals surface area contributed by atoms with Crippen LogP contribution < -0.4 is 10.9 Å². The second-order valence-corrected chi connectivity index (χ2v) is 11.2. The van der Waals surface area contributed by atoms with Crippen LogP contribution >= 0.6 is 34.8 Å². The van der Waals surface area contributed by atoms with Gasteiger partial charge in [0.1, 0.15) is 15.8 Å².